The van der Waals surface area contributed by atoms with E-state index in [1.807, 2.05) is 30.3 Å². The molecule has 1 aliphatic carbocycles. The number of halogens is 1. The minimum Gasteiger partial charge on any atom is -0.457 e. The van der Waals surface area contributed by atoms with Gasteiger partial charge in [0, 0.05) is 6.04 Å². The summed E-state index contributed by atoms with van der Waals surface area (Å²) in [6.07, 6.45) is 3.60. The standard InChI is InChI=1S/C15H19NO2.ClH/c1-16-10-9-11-7-8-13(16)14(11)18-15(17)12-5-3-2-4-6-12;/h2-6,11,13-14H,7-10H2,1H3;1H/t11?,13?,14-;/m1./s1. The van der Waals surface area contributed by atoms with Crippen molar-refractivity contribution in [2.75, 3.05) is 13.6 Å². The summed E-state index contributed by atoms with van der Waals surface area (Å²) in [5.41, 5.74) is 0.658. The Balaban J connectivity index is 0.00000133. The van der Waals surface area contributed by atoms with Crippen LogP contribution in [0.15, 0.2) is 30.3 Å². The van der Waals surface area contributed by atoms with E-state index in [1.165, 1.54) is 6.42 Å². The molecule has 2 bridgehead atoms. The highest BCUT2D eigenvalue weighted by Crippen LogP contribution is 2.38. The number of fused-ring (bicyclic) bond motifs is 2. The van der Waals surface area contributed by atoms with E-state index < -0.39 is 0 Å². The average molecular weight is 282 g/mol. The van der Waals surface area contributed by atoms with Crippen LogP contribution in [0.1, 0.15) is 29.6 Å². The van der Waals surface area contributed by atoms with Crippen molar-refractivity contribution in [3.8, 4) is 0 Å². The number of carbonyl (C=O) groups excluding carboxylic acids is 1. The largest absolute Gasteiger partial charge is 0.457 e. The summed E-state index contributed by atoms with van der Waals surface area (Å²) >= 11 is 0. The van der Waals surface area contributed by atoms with Crippen LogP contribution < -0.4 is 0 Å². The predicted octanol–water partition coefficient (Wildman–Crippen LogP) is 2.75. The Bertz CT molecular complexity index is 437. The number of likely N-dealkylation sites (N-methyl/N-ethyl adjacent to an activating group) is 1. The number of nitrogens with zero attached hydrogens (tertiary/aromatic N) is 1. The normalized spacial score (nSPS) is 29.6. The van der Waals surface area contributed by atoms with E-state index in [-0.39, 0.29) is 24.5 Å². The van der Waals surface area contributed by atoms with Crippen molar-refractivity contribution < 1.29 is 9.53 Å². The fourth-order valence-corrected chi connectivity index (χ4v) is 3.28. The zero-order chi connectivity index (χ0) is 12.5. The van der Waals surface area contributed by atoms with E-state index in [1.54, 1.807) is 0 Å². The molecule has 0 aromatic heterocycles. The maximum absolute atomic E-state index is 12.1. The number of carbonyl (C=O) groups is 1. The van der Waals surface area contributed by atoms with Gasteiger partial charge in [0.15, 0.2) is 0 Å². The summed E-state index contributed by atoms with van der Waals surface area (Å²) in [5.74, 6) is 0.395. The third kappa shape index (κ3) is 2.77. The summed E-state index contributed by atoms with van der Waals surface area (Å²) in [6, 6.07) is 9.72. The number of benzene rings is 1. The maximum Gasteiger partial charge on any atom is 0.338 e. The molecule has 1 heterocycles. The van der Waals surface area contributed by atoms with Gasteiger partial charge in [0.2, 0.25) is 0 Å². The number of piperidine rings is 1. The molecule has 1 saturated heterocycles. The summed E-state index contributed by atoms with van der Waals surface area (Å²) in [4.78, 5) is 14.4. The first-order chi connectivity index (χ1) is 8.75. The van der Waals surface area contributed by atoms with Crippen LogP contribution in [-0.2, 0) is 4.74 Å². The Hall–Kier alpha value is -1.06. The van der Waals surface area contributed by atoms with Crippen molar-refractivity contribution >= 4 is 18.4 Å². The quantitative estimate of drug-likeness (QED) is 0.781. The summed E-state index contributed by atoms with van der Waals surface area (Å²) in [7, 11) is 2.13. The molecule has 0 radical (unpaired) electrons. The second-order valence-electron chi connectivity index (χ2n) is 5.41. The fraction of sp³-hybridized carbons (Fsp3) is 0.533. The van der Waals surface area contributed by atoms with Crippen LogP contribution in [0, 0.1) is 5.92 Å². The van der Waals surface area contributed by atoms with Crippen molar-refractivity contribution in [1.29, 1.82) is 0 Å². The minimum atomic E-state index is -0.173. The Morgan fingerprint density at radius 3 is 2.68 bits per heavy atom. The molecule has 2 aliphatic rings. The van der Waals surface area contributed by atoms with Crippen LogP contribution in [0.25, 0.3) is 0 Å². The smallest absolute Gasteiger partial charge is 0.338 e. The van der Waals surface area contributed by atoms with Gasteiger partial charge in [-0.15, -0.1) is 12.4 Å². The number of likely N-dealkylation sites (tertiary alicyclic amines) is 1. The molecule has 1 saturated carbocycles. The molecular weight excluding hydrogens is 262 g/mol. The molecule has 1 aliphatic heterocycles. The number of ether oxygens (including phenoxy) is 1. The molecule has 19 heavy (non-hydrogen) atoms. The second kappa shape index (κ2) is 5.93. The maximum atomic E-state index is 12.1. The monoisotopic (exact) mass is 281 g/mol. The highest BCUT2D eigenvalue weighted by molar-refractivity contribution is 5.89. The van der Waals surface area contributed by atoms with Crippen LogP contribution in [-0.4, -0.2) is 36.6 Å². The number of rotatable bonds is 2. The fourth-order valence-electron chi connectivity index (χ4n) is 3.28. The molecule has 2 fully saturated rings. The number of hydrogen-bond donors (Lipinski definition) is 0. The lowest BCUT2D eigenvalue weighted by Gasteiger charge is -2.36. The van der Waals surface area contributed by atoms with Crippen LogP contribution in [0.3, 0.4) is 0 Å². The number of hydrogen-bond acceptors (Lipinski definition) is 3. The van der Waals surface area contributed by atoms with Crippen molar-refractivity contribution in [3.05, 3.63) is 35.9 Å². The van der Waals surface area contributed by atoms with Gasteiger partial charge < -0.3 is 4.74 Å². The third-order valence-corrected chi connectivity index (χ3v) is 4.35. The van der Waals surface area contributed by atoms with Gasteiger partial charge in [-0.3, -0.25) is 4.90 Å². The van der Waals surface area contributed by atoms with Crippen LogP contribution in [0.5, 0.6) is 0 Å². The van der Waals surface area contributed by atoms with E-state index in [0.717, 1.165) is 19.4 Å². The van der Waals surface area contributed by atoms with Gasteiger partial charge in [-0.05, 0) is 50.9 Å². The topological polar surface area (TPSA) is 29.5 Å². The molecule has 0 spiro atoms. The SMILES string of the molecule is CN1CCC2CCC1[C@@H]2OC(=O)c1ccccc1.Cl. The molecule has 3 nitrogen and oxygen atoms in total. The first-order valence-electron chi connectivity index (χ1n) is 6.72. The van der Waals surface area contributed by atoms with Gasteiger partial charge in [0.1, 0.15) is 6.10 Å². The predicted molar refractivity (Wildman–Crippen MR) is 76.7 cm³/mol. The molecule has 1 aromatic rings. The lowest BCUT2D eigenvalue weighted by Crippen LogP contribution is -2.47. The molecular formula is C15H20ClNO2. The highest BCUT2D eigenvalue weighted by Gasteiger charge is 2.44. The Labute approximate surface area is 120 Å². The first-order valence-corrected chi connectivity index (χ1v) is 6.72. The van der Waals surface area contributed by atoms with Crippen LogP contribution in [0.2, 0.25) is 0 Å². The molecule has 0 N–H and O–H groups in total. The number of esters is 1. The molecule has 4 heteroatoms. The van der Waals surface area contributed by atoms with Crippen molar-refractivity contribution in [1.82, 2.24) is 4.90 Å². The van der Waals surface area contributed by atoms with Crippen molar-refractivity contribution in [3.63, 3.8) is 0 Å². The summed E-state index contributed by atoms with van der Waals surface area (Å²) in [6.45, 7) is 1.13. The highest BCUT2D eigenvalue weighted by atomic mass is 35.5. The second-order valence-corrected chi connectivity index (χ2v) is 5.41. The van der Waals surface area contributed by atoms with Gasteiger partial charge in [0.25, 0.3) is 0 Å². The van der Waals surface area contributed by atoms with E-state index >= 15 is 0 Å². The zero-order valence-corrected chi connectivity index (χ0v) is 11.9. The third-order valence-electron chi connectivity index (χ3n) is 4.35. The Morgan fingerprint density at radius 2 is 1.95 bits per heavy atom. The molecule has 104 valence electrons. The average Bonchev–Trinajstić information content (AvgIpc) is 2.69. The molecule has 3 rings (SSSR count). The Morgan fingerprint density at radius 1 is 1.21 bits per heavy atom. The molecule has 2 unspecified atom stereocenters. The van der Waals surface area contributed by atoms with Crippen molar-refractivity contribution in [2.45, 2.75) is 31.4 Å². The summed E-state index contributed by atoms with van der Waals surface area (Å²) in [5, 5.41) is 0. The Kier molecular flexibility index (Phi) is 4.48. The van der Waals surface area contributed by atoms with E-state index in [9.17, 15) is 4.79 Å². The minimum absolute atomic E-state index is 0. The van der Waals surface area contributed by atoms with Gasteiger partial charge in [-0.25, -0.2) is 4.79 Å². The lowest BCUT2D eigenvalue weighted by molar-refractivity contribution is -0.0195. The van der Waals surface area contributed by atoms with E-state index in [0.29, 0.717) is 17.5 Å². The van der Waals surface area contributed by atoms with E-state index in [4.69, 9.17) is 4.74 Å². The van der Waals surface area contributed by atoms with Gasteiger partial charge in [-0.2, -0.15) is 0 Å². The van der Waals surface area contributed by atoms with Gasteiger partial charge in [0.05, 0.1) is 5.56 Å². The van der Waals surface area contributed by atoms with E-state index in [2.05, 4.69) is 11.9 Å². The van der Waals surface area contributed by atoms with Crippen LogP contribution in [0.4, 0.5) is 0 Å². The van der Waals surface area contributed by atoms with Gasteiger partial charge in [-0.1, -0.05) is 18.2 Å². The summed E-state index contributed by atoms with van der Waals surface area (Å²) < 4.78 is 5.75. The molecule has 3 atom stereocenters. The molecule has 1 aromatic carbocycles. The van der Waals surface area contributed by atoms with Crippen molar-refractivity contribution in [2.24, 2.45) is 5.92 Å². The molecule has 0 amide bonds. The first kappa shape index (κ1) is 14.4. The van der Waals surface area contributed by atoms with Crippen LogP contribution >= 0.6 is 12.4 Å². The lowest BCUT2D eigenvalue weighted by atomic mass is 9.96. The van der Waals surface area contributed by atoms with Gasteiger partial charge >= 0.3 is 5.97 Å². The zero-order valence-electron chi connectivity index (χ0n) is 11.1.